The first kappa shape index (κ1) is 14.9. The van der Waals surface area contributed by atoms with Crippen LogP contribution in [0.1, 0.15) is 24.8 Å². The fourth-order valence-electron chi connectivity index (χ4n) is 1.79. The Labute approximate surface area is 114 Å². The lowest BCUT2D eigenvalue weighted by atomic mass is 9.93. The van der Waals surface area contributed by atoms with Crippen LogP contribution in [-0.2, 0) is 4.79 Å². The molecule has 0 heterocycles. The van der Waals surface area contributed by atoms with Crippen LogP contribution in [0.2, 0.25) is 5.02 Å². The van der Waals surface area contributed by atoms with Gasteiger partial charge in [0.25, 0.3) is 0 Å². The molecule has 0 N–H and O–H groups in total. The molecule has 0 unspecified atom stereocenters. The molecule has 0 saturated heterocycles. The lowest BCUT2D eigenvalue weighted by Gasteiger charge is -2.14. The number of benzene rings is 1. The molecule has 0 fully saturated rings. The van der Waals surface area contributed by atoms with E-state index in [1.54, 1.807) is 0 Å². The molecule has 0 aliphatic carbocycles. The van der Waals surface area contributed by atoms with E-state index in [0.29, 0.717) is 10.6 Å². The minimum atomic E-state index is -0.660. The number of carbonyl (C=O) groups excluding carboxylic acids is 1. The summed E-state index contributed by atoms with van der Waals surface area (Å²) in [6, 6.07) is 4.49. The topological polar surface area (TPSA) is 109 Å². The predicted molar refractivity (Wildman–Crippen MR) is 70.2 cm³/mol. The first-order chi connectivity index (χ1) is 8.93. The third kappa shape index (κ3) is 4.57. The third-order valence-electron chi connectivity index (χ3n) is 2.49. The number of nitro groups is 1. The minimum Gasteiger partial charge on any atom is -0.300 e. The number of carbonyl (C=O) groups is 1. The molecule has 0 amide bonds. The zero-order valence-corrected chi connectivity index (χ0v) is 10.9. The molecule has 1 atom stereocenters. The molecule has 19 heavy (non-hydrogen) atoms. The number of azide groups is 1. The van der Waals surface area contributed by atoms with Crippen molar-refractivity contribution in [2.24, 2.45) is 5.11 Å². The molecule has 100 valence electrons. The van der Waals surface area contributed by atoms with E-state index in [2.05, 4.69) is 10.0 Å². The second-order valence-electron chi connectivity index (χ2n) is 4.01. The van der Waals surface area contributed by atoms with Crippen LogP contribution in [0, 0.1) is 10.1 Å². The summed E-state index contributed by atoms with van der Waals surface area (Å²) in [6.07, 6.45) is -0.00469. The third-order valence-corrected chi connectivity index (χ3v) is 2.72. The second kappa shape index (κ2) is 6.72. The lowest BCUT2D eigenvalue weighted by molar-refractivity contribution is -0.483. The van der Waals surface area contributed by atoms with Gasteiger partial charge in [-0.25, -0.2) is 0 Å². The zero-order valence-electron chi connectivity index (χ0n) is 10.1. The van der Waals surface area contributed by atoms with E-state index in [1.165, 1.54) is 25.1 Å². The van der Waals surface area contributed by atoms with Gasteiger partial charge in [0.15, 0.2) is 0 Å². The summed E-state index contributed by atoms with van der Waals surface area (Å²) >= 11 is 5.84. The summed E-state index contributed by atoms with van der Waals surface area (Å²) in [7, 11) is 0. The Morgan fingerprint density at radius 1 is 1.63 bits per heavy atom. The molecule has 7 nitrogen and oxygen atoms in total. The zero-order chi connectivity index (χ0) is 14.4. The van der Waals surface area contributed by atoms with Crippen LogP contribution in [0.3, 0.4) is 0 Å². The highest BCUT2D eigenvalue weighted by molar-refractivity contribution is 6.30. The monoisotopic (exact) mass is 282 g/mol. The smallest absolute Gasteiger partial charge is 0.211 e. The van der Waals surface area contributed by atoms with Crippen LogP contribution in [0.15, 0.2) is 23.3 Å². The molecule has 0 bridgehead atoms. The average Bonchev–Trinajstić information content (AvgIpc) is 2.29. The van der Waals surface area contributed by atoms with E-state index in [-0.39, 0.29) is 17.9 Å². The molecule has 0 aromatic heterocycles. The average molecular weight is 283 g/mol. The number of Topliss-reactive ketones (excluding diaryl/α,β-unsaturated/α-hetero) is 1. The second-order valence-corrected chi connectivity index (χ2v) is 4.45. The van der Waals surface area contributed by atoms with Crippen molar-refractivity contribution in [2.75, 3.05) is 6.54 Å². The van der Waals surface area contributed by atoms with Crippen molar-refractivity contribution in [3.05, 3.63) is 49.3 Å². The molecule has 0 aliphatic heterocycles. The quantitative estimate of drug-likeness (QED) is 0.261. The van der Waals surface area contributed by atoms with Gasteiger partial charge in [-0.05, 0) is 30.2 Å². The fourth-order valence-corrected chi connectivity index (χ4v) is 1.97. The molecular formula is C11H11ClN4O3. The molecule has 1 aromatic carbocycles. The molecule has 0 aliphatic rings. The number of hydrogen-bond donors (Lipinski definition) is 0. The van der Waals surface area contributed by atoms with Crippen LogP contribution in [0.5, 0.6) is 0 Å². The van der Waals surface area contributed by atoms with Gasteiger partial charge in [-0.15, -0.1) is 0 Å². The van der Waals surface area contributed by atoms with Gasteiger partial charge in [0, 0.05) is 27.0 Å². The Bertz CT molecular complexity index is 539. The van der Waals surface area contributed by atoms with Crippen LogP contribution in [-0.4, -0.2) is 17.3 Å². The SMILES string of the molecule is CC(=O)C[C@@H](C[N+](=O)[O-])c1cc(Cl)ccc1N=[N+]=[N-]. The van der Waals surface area contributed by atoms with Crippen LogP contribution in [0.25, 0.3) is 10.4 Å². The van der Waals surface area contributed by atoms with Crippen molar-refractivity contribution in [3.8, 4) is 0 Å². The van der Waals surface area contributed by atoms with E-state index in [9.17, 15) is 14.9 Å². The van der Waals surface area contributed by atoms with Gasteiger partial charge >= 0.3 is 0 Å². The van der Waals surface area contributed by atoms with Gasteiger partial charge in [-0.1, -0.05) is 22.8 Å². The number of nitrogens with zero attached hydrogens (tertiary/aromatic N) is 4. The highest BCUT2D eigenvalue weighted by Crippen LogP contribution is 2.32. The maximum atomic E-state index is 11.2. The highest BCUT2D eigenvalue weighted by atomic mass is 35.5. The molecule has 0 radical (unpaired) electrons. The summed E-state index contributed by atoms with van der Waals surface area (Å²) in [5, 5.41) is 14.5. The maximum Gasteiger partial charge on any atom is 0.211 e. The van der Waals surface area contributed by atoms with Crippen molar-refractivity contribution >= 4 is 23.1 Å². The Hall–Kier alpha value is -2.11. The summed E-state index contributed by atoms with van der Waals surface area (Å²) in [5.74, 6) is -0.842. The van der Waals surface area contributed by atoms with E-state index >= 15 is 0 Å². The molecular weight excluding hydrogens is 272 g/mol. The summed E-state index contributed by atoms with van der Waals surface area (Å²) in [5.41, 5.74) is 9.15. The molecule has 0 spiro atoms. The normalized spacial score (nSPS) is 11.5. The van der Waals surface area contributed by atoms with E-state index in [4.69, 9.17) is 17.1 Å². The highest BCUT2D eigenvalue weighted by Gasteiger charge is 2.22. The van der Waals surface area contributed by atoms with Crippen LogP contribution >= 0.6 is 11.6 Å². The Balaban J connectivity index is 3.25. The Morgan fingerprint density at radius 2 is 2.32 bits per heavy atom. The van der Waals surface area contributed by atoms with Gasteiger partial charge < -0.3 is 4.79 Å². The van der Waals surface area contributed by atoms with Gasteiger partial charge in [-0.2, -0.15) is 0 Å². The molecule has 0 saturated carbocycles. The van der Waals surface area contributed by atoms with Crippen LogP contribution < -0.4 is 0 Å². The summed E-state index contributed by atoms with van der Waals surface area (Å²) < 4.78 is 0. The van der Waals surface area contributed by atoms with Crippen molar-refractivity contribution < 1.29 is 9.72 Å². The van der Waals surface area contributed by atoms with E-state index in [1.807, 2.05) is 0 Å². The number of rotatable bonds is 6. The molecule has 1 rings (SSSR count). The Kier molecular flexibility index (Phi) is 5.29. The van der Waals surface area contributed by atoms with Crippen molar-refractivity contribution in [1.29, 1.82) is 0 Å². The largest absolute Gasteiger partial charge is 0.300 e. The number of ketones is 1. The van der Waals surface area contributed by atoms with Gasteiger partial charge in [0.05, 0.1) is 5.92 Å². The van der Waals surface area contributed by atoms with Gasteiger partial charge in [-0.3, -0.25) is 10.1 Å². The molecule has 8 heteroatoms. The summed E-state index contributed by atoms with van der Waals surface area (Å²) in [4.78, 5) is 24.0. The predicted octanol–water partition coefficient (Wildman–Crippen LogP) is 3.62. The van der Waals surface area contributed by atoms with Crippen molar-refractivity contribution in [1.82, 2.24) is 0 Å². The van der Waals surface area contributed by atoms with Crippen molar-refractivity contribution in [2.45, 2.75) is 19.3 Å². The fraction of sp³-hybridized carbons (Fsp3) is 0.364. The van der Waals surface area contributed by atoms with Gasteiger partial charge in [0.2, 0.25) is 6.54 Å². The first-order valence-corrected chi connectivity index (χ1v) is 5.77. The van der Waals surface area contributed by atoms with Crippen LogP contribution in [0.4, 0.5) is 5.69 Å². The van der Waals surface area contributed by atoms with Gasteiger partial charge in [0.1, 0.15) is 5.78 Å². The number of halogens is 1. The maximum absolute atomic E-state index is 11.2. The van der Waals surface area contributed by atoms with Crippen molar-refractivity contribution in [3.63, 3.8) is 0 Å². The number of hydrogen-bond acceptors (Lipinski definition) is 4. The first-order valence-electron chi connectivity index (χ1n) is 5.39. The Morgan fingerprint density at radius 3 is 2.84 bits per heavy atom. The summed E-state index contributed by atoms with van der Waals surface area (Å²) in [6.45, 7) is 0.929. The van der Waals surface area contributed by atoms with E-state index in [0.717, 1.165) is 0 Å². The standard InChI is InChI=1S/C11H11ClN4O3/c1-7(17)4-8(6-16(18)19)10-5-9(12)2-3-11(10)14-15-13/h2-3,5,8H,4,6H2,1H3/t8-/m0/s1. The lowest BCUT2D eigenvalue weighted by Crippen LogP contribution is -2.15. The molecule has 1 aromatic rings. The van der Waals surface area contributed by atoms with E-state index < -0.39 is 17.4 Å². The minimum absolute atomic E-state index is 0.00469.